The number of sulfonamides is 1. The molecule has 2 rings (SSSR count). The van der Waals surface area contributed by atoms with E-state index >= 15 is 0 Å². The monoisotopic (exact) mass is 331 g/mol. The first kappa shape index (κ1) is 16.9. The van der Waals surface area contributed by atoms with Gasteiger partial charge in [0.2, 0.25) is 15.8 Å². The number of nitrogens with zero attached hydrogens (tertiary/aromatic N) is 2. The summed E-state index contributed by atoms with van der Waals surface area (Å²) in [6.07, 6.45) is 1.41. The lowest BCUT2D eigenvalue weighted by molar-refractivity contribution is 0.000294. The predicted molar refractivity (Wildman–Crippen MR) is 79.1 cm³/mol. The van der Waals surface area contributed by atoms with Gasteiger partial charge in [0.25, 0.3) is 5.91 Å². The molecule has 2 heterocycles. The summed E-state index contributed by atoms with van der Waals surface area (Å²) in [5.74, 6) is 0.331. The number of aryl methyl sites for hydroxylation is 2. The van der Waals surface area contributed by atoms with E-state index in [1.54, 1.807) is 6.92 Å². The van der Waals surface area contributed by atoms with Gasteiger partial charge in [0.05, 0.1) is 24.7 Å². The van der Waals surface area contributed by atoms with Gasteiger partial charge in [-0.3, -0.25) is 4.79 Å². The third-order valence-corrected chi connectivity index (χ3v) is 4.68. The van der Waals surface area contributed by atoms with Gasteiger partial charge in [0, 0.05) is 26.1 Å². The van der Waals surface area contributed by atoms with Crippen LogP contribution in [0.1, 0.15) is 29.1 Å². The summed E-state index contributed by atoms with van der Waals surface area (Å²) in [4.78, 5) is 16.2. The summed E-state index contributed by atoms with van der Waals surface area (Å²) in [6, 6.07) is 0. The maximum atomic E-state index is 12.1. The number of rotatable bonds is 5. The number of aromatic nitrogens is 1. The fraction of sp³-hybridized carbons (Fsp3) is 0.692. The van der Waals surface area contributed by atoms with Gasteiger partial charge in [-0.25, -0.2) is 13.4 Å². The number of oxazole rings is 1. The Hall–Kier alpha value is -1.45. The van der Waals surface area contributed by atoms with Crippen LogP contribution in [0, 0.1) is 6.92 Å². The van der Waals surface area contributed by atoms with Crippen LogP contribution >= 0.6 is 0 Å². The maximum Gasteiger partial charge on any atom is 0.289 e. The number of nitrogens with one attached hydrogen (secondary N) is 1. The van der Waals surface area contributed by atoms with Crippen LogP contribution in [0.5, 0.6) is 0 Å². The number of hydrogen-bond acceptors (Lipinski definition) is 6. The van der Waals surface area contributed by atoms with Crippen molar-refractivity contribution in [2.45, 2.75) is 26.4 Å². The lowest BCUT2D eigenvalue weighted by atomic mass is 10.3. The molecule has 0 unspecified atom stereocenters. The molecule has 1 amide bonds. The molecule has 9 heteroatoms. The van der Waals surface area contributed by atoms with E-state index in [0.717, 1.165) is 6.26 Å². The summed E-state index contributed by atoms with van der Waals surface area (Å²) in [6.45, 7) is 4.70. The molecule has 0 spiro atoms. The van der Waals surface area contributed by atoms with Crippen LogP contribution in [-0.2, 0) is 21.2 Å². The fourth-order valence-electron chi connectivity index (χ4n) is 2.22. The van der Waals surface area contributed by atoms with E-state index < -0.39 is 10.0 Å². The molecule has 1 aliphatic heterocycles. The molecule has 1 atom stereocenters. The van der Waals surface area contributed by atoms with E-state index in [9.17, 15) is 13.2 Å². The molecule has 0 aromatic carbocycles. The van der Waals surface area contributed by atoms with Crippen LogP contribution in [0.25, 0.3) is 0 Å². The first-order valence-corrected chi connectivity index (χ1v) is 8.97. The zero-order chi connectivity index (χ0) is 16.3. The highest BCUT2D eigenvalue weighted by atomic mass is 32.2. The van der Waals surface area contributed by atoms with E-state index in [1.807, 2.05) is 6.92 Å². The standard InChI is InChI=1S/C13H21N3O5S/c1-4-11-15-9(2)12(21-11)13(17)14-7-10-8-16(5-6-20-10)22(3,18)19/h10H,4-8H2,1-3H3,(H,14,17)/t10-/m0/s1. The molecular weight excluding hydrogens is 310 g/mol. The molecule has 1 aliphatic rings. The van der Waals surface area contributed by atoms with Crippen LogP contribution in [-0.4, -0.2) is 62.2 Å². The average molecular weight is 331 g/mol. The van der Waals surface area contributed by atoms with Crippen molar-refractivity contribution >= 4 is 15.9 Å². The van der Waals surface area contributed by atoms with Crippen molar-refractivity contribution in [3.05, 3.63) is 17.3 Å². The number of morpholine rings is 1. The molecule has 1 fully saturated rings. The van der Waals surface area contributed by atoms with Crippen molar-refractivity contribution in [2.24, 2.45) is 0 Å². The molecule has 1 saturated heterocycles. The van der Waals surface area contributed by atoms with Gasteiger partial charge in [-0.2, -0.15) is 4.31 Å². The topological polar surface area (TPSA) is 102 Å². The summed E-state index contributed by atoms with van der Waals surface area (Å²) in [5.41, 5.74) is 0.539. The quantitative estimate of drug-likeness (QED) is 0.811. The highest BCUT2D eigenvalue weighted by molar-refractivity contribution is 7.88. The summed E-state index contributed by atoms with van der Waals surface area (Å²) >= 11 is 0. The van der Waals surface area contributed by atoms with Crippen LogP contribution in [0.4, 0.5) is 0 Å². The Balaban J connectivity index is 1.92. The second-order valence-corrected chi connectivity index (χ2v) is 7.18. The van der Waals surface area contributed by atoms with E-state index in [2.05, 4.69) is 10.3 Å². The molecule has 0 radical (unpaired) electrons. The van der Waals surface area contributed by atoms with Gasteiger partial charge >= 0.3 is 0 Å². The van der Waals surface area contributed by atoms with Crippen LogP contribution in [0.2, 0.25) is 0 Å². The van der Waals surface area contributed by atoms with Crippen LogP contribution < -0.4 is 5.32 Å². The van der Waals surface area contributed by atoms with Crippen LogP contribution in [0.15, 0.2) is 4.42 Å². The van der Waals surface area contributed by atoms with Crippen LogP contribution in [0.3, 0.4) is 0 Å². The number of amides is 1. The van der Waals surface area contributed by atoms with Crippen molar-refractivity contribution in [3.63, 3.8) is 0 Å². The summed E-state index contributed by atoms with van der Waals surface area (Å²) < 4.78 is 35.3. The first-order valence-electron chi connectivity index (χ1n) is 7.12. The molecule has 1 N–H and O–H groups in total. The molecule has 1 aromatic rings. The third kappa shape index (κ3) is 4.05. The lowest BCUT2D eigenvalue weighted by Crippen LogP contribution is -2.49. The Labute approximate surface area is 129 Å². The SMILES string of the molecule is CCc1nc(C)c(C(=O)NC[C@H]2CN(S(C)(=O)=O)CCO2)o1. The lowest BCUT2D eigenvalue weighted by Gasteiger charge is -2.31. The normalized spacial score (nSPS) is 20.0. The average Bonchev–Trinajstić information content (AvgIpc) is 2.85. The van der Waals surface area contributed by atoms with Crippen molar-refractivity contribution < 1.29 is 22.4 Å². The Kier molecular flexibility index (Phi) is 5.20. The van der Waals surface area contributed by atoms with E-state index in [-0.39, 0.29) is 30.9 Å². The van der Waals surface area contributed by atoms with Crippen molar-refractivity contribution in [1.29, 1.82) is 0 Å². The molecule has 0 bridgehead atoms. The van der Waals surface area contributed by atoms with Gasteiger partial charge in [-0.05, 0) is 6.92 Å². The van der Waals surface area contributed by atoms with Crippen molar-refractivity contribution in [3.8, 4) is 0 Å². The number of hydrogen-bond donors (Lipinski definition) is 1. The van der Waals surface area contributed by atoms with Crippen molar-refractivity contribution in [2.75, 3.05) is 32.5 Å². The third-order valence-electron chi connectivity index (χ3n) is 3.41. The fourth-order valence-corrected chi connectivity index (χ4v) is 3.06. The Morgan fingerprint density at radius 1 is 1.50 bits per heavy atom. The number of ether oxygens (including phenoxy) is 1. The zero-order valence-electron chi connectivity index (χ0n) is 13.0. The van der Waals surface area contributed by atoms with Gasteiger partial charge in [-0.1, -0.05) is 6.92 Å². The van der Waals surface area contributed by atoms with Gasteiger partial charge in [0.1, 0.15) is 0 Å². The van der Waals surface area contributed by atoms with Gasteiger partial charge < -0.3 is 14.5 Å². The maximum absolute atomic E-state index is 12.1. The second-order valence-electron chi connectivity index (χ2n) is 5.20. The predicted octanol–water partition coefficient (Wildman–Crippen LogP) is -0.0644. The largest absolute Gasteiger partial charge is 0.435 e. The Bertz CT molecular complexity index is 640. The second kappa shape index (κ2) is 6.76. The molecule has 8 nitrogen and oxygen atoms in total. The minimum Gasteiger partial charge on any atom is -0.435 e. The minimum absolute atomic E-state index is 0.188. The Morgan fingerprint density at radius 2 is 2.23 bits per heavy atom. The number of carbonyl (C=O) groups is 1. The summed E-state index contributed by atoms with van der Waals surface area (Å²) in [7, 11) is -3.24. The van der Waals surface area contributed by atoms with E-state index in [4.69, 9.17) is 9.15 Å². The first-order chi connectivity index (χ1) is 10.3. The van der Waals surface area contributed by atoms with Crippen molar-refractivity contribution in [1.82, 2.24) is 14.6 Å². The summed E-state index contributed by atoms with van der Waals surface area (Å²) in [5, 5.41) is 2.70. The number of carbonyl (C=O) groups excluding carboxylic acids is 1. The van der Waals surface area contributed by atoms with E-state index in [0.29, 0.717) is 31.2 Å². The Morgan fingerprint density at radius 3 is 2.82 bits per heavy atom. The molecule has 0 aliphatic carbocycles. The van der Waals surface area contributed by atoms with Gasteiger partial charge in [0.15, 0.2) is 5.89 Å². The van der Waals surface area contributed by atoms with E-state index in [1.165, 1.54) is 4.31 Å². The van der Waals surface area contributed by atoms with Gasteiger partial charge in [-0.15, -0.1) is 0 Å². The molecular formula is C13H21N3O5S. The smallest absolute Gasteiger partial charge is 0.289 e. The molecule has 1 aromatic heterocycles. The molecule has 124 valence electrons. The highest BCUT2D eigenvalue weighted by Gasteiger charge is 2.27. The molecule has 0 saturated carbocycles. The molecule has 22 heavy (non-hydrogen) atoms. The highest BCUT2D eigenvalue weighted by Crippen LogP contribution is 2.12. The zero-order valence-corrected chi connectivity index (χ0v) is 13.8. The minimum atomic E-state index is -3.24.